The summed E-state index contributed by atoms with van der Waals surface area (Å²) in [7, 11) is 0. The summed E-state index contributed by atoms with van der Waals surface area (Å²) in [5.41, 5.74) is 1.71. The first-order valence-electron chi connectivity index (χ1n) is 9.62. The van der Waals surface area contributed by atoms with Gasteiger partial charge < -0.3 is 14.7 Å². The van der Waals surface area contributed by atoms with E-state index in [0.717, 1.165) is 0 Å². The van der Waals surface area contributed by atoms with Crippen molar-refractivity contribution in [3.8, 4) is 0 Å². The number of carbonyl (C=O) groups is 1. The number of aromatic nitrogens is 2. The van der Waals surface area contributed by atoms with Crippen LogP contribution in [0.3, 0.4) is 0 Å². The second kappa shape index (κ2) is 8.14. The molecule has 2 N–H and O–H groups in total. The van der Waals surface area contributed by atoms with Crippen molar-refractivity contribution in [3.63, 3.8) is 0 Å². The third-order valence-corrected chi connectivity index (χ3v) is 5.01. The fraction of sp³-hybridized carbons (Fsp3) is 0.174. The minimum Gasteiger partial charge on any atom is -0.451 e. The summed E-state index contributed by atoms with van der Waals surface area (Å²) in [6.45, 7) is 3.34. The van der Waals surface area contributed by atoms with Crippen LogP contribution >= 0.6 is 0 Å². The molecule has 0 fully saturated rings. The molecule has 0 spiro atoms. The summed E-state index contributed by atoms with van der Waals surface area (Å²) in [6, 6.07) is 10.5. The second-order valence-electron chi connectivity index (χ2n) is 7.30. The number of amides is 1. The Bertz CT molecular complexity index is 1330. The van der Waals surface area contributed by atoms with Crippen LogP contribution in [0.5, 0.6) is 0 Å². The Balaban J connectivity index is 1.68. The molecule has 0 aliphatic heterocycles. The molecule has 2 aromatic carbocycles. The smallest absolute Gasteiger partial charge is 0.287 e. The van der Waals surface area contributed by atoms with Gasteiger partial charge in [-0.3, -0.25) is 9.59 Å². The second-order valence-corrected chi connectivity index (χ2v) is 7.30. The standard InChI is InChI=1S/C23H19F2N3O3/c1-12-18-9-16(25)7-8-20(18)31-22(12)23(30)28-19(14-3-5-15(24)6-4-14)10-17-11-21(29)27-13(2)26-17/h3-9,11,19H,10H2,1-2H3,(H,28,30)(H,26,27,29)/t19-/m1/s1. The number of rotatable bonds is 5. The largest absolute Gasteiger partial charge is 0.451 e. The molecule has 1 atom stereocenters. The number of aryl methyl sites for hydroxylation is 2. The highest BCUT2D eigenvalue weighted by molar-refractivity contribution is 5.99. The lowest BCUT2D eigenvalue weighted by Gasteiger charge is -2.19. The van der Waals surface area contributed by atoms with Gasteiger partial charge in [-0.05, 0) is 49.7 Å². The number of carbonyl (C=O) groups excluding carboxylic acids is 1. The summed E-state index contributed by atoms with van der Waals surface area (Å²) in [5.74, 6) is -0.841. The maximum Gasteiger partial charge on any atom is 0.287 e. The first-order valence-corrected chi connectivity index (χ1v) is 9.62. The third-order valence-electron chi connectivity index (χ3n) is 5.01. The number of H-pyrrole nitrogens is 1. The van der Waals surface area contributed by atoms with Crippen molar-refractivity contribution in [2.75, 3.05) is 0 Å². The molecule has 158 valence electrons. The van der Waals surface area contributed by atoms with Gasteiger partial charge in [0.25, 0.3) is 11.5 Å². The van der Waals surface area contributed by atoms with Crippen molar-refractivity contribution >= 4 is 16.9 Å². The summed E-state index contributed by atoms with van der Waals surface area (Å²) in [4.78, 5) is 31.7. The van der Waals surface area contributed by atoms with Crippen LogP contribution in [0.1, 0.15) is 39.2 Å². The van der Waals surface area contributed by atoms with Gasteiger partial charge >= 0.3 is 0 Å². The number of fused-ring (bicyclic) bond motifs is 1. The molecule has 4 aromatic rings. The summed E-state index contributed by atoms with van der Waals surface area (Å²) in [5, 5.41) is 3.38. The molecule has 8 heteroatoms. The van der Waals surface area contributed by atoms with Crippen LogP contribution in [0, 0.1) is 25.5 Å². The van der Waals surface area contributed by atoms with E-state index in [1.165, 1.54) is 36.4 Å². The van der Waals surface area contributed by atoms with Crippen molar-refractivity contribution in [1.29, 1.82) is 0 Å². The summed E-state index contributed by atoms with van der Waals surface area (Å²) >= 11 is 0. The number of furan rings is 1. The molecule has 1 amide bonds. The zero-order chi connectivity index (χ0) is 22.1. The number of hydrogen-bond acceptors (Lipinski definition) is 4. The molecule has 0 saturated carbocycles. The molecular weight excluding hydrogens is 404 g/mol. The quantitative estimate of drug-likeness (QED) is 0.505. The molecule has 0 radical (unpaired) electrons. The number of halogens is 2. The Labute approximate surface area is 175 Å². The Morgan fingerprint density at radius 2 is 1.81 bits per heavy atom. The SMILES string of the molecule is Cc1nc(C[C@@H](NC(=O)c2oc3ccc(F)cc3c2C)c2ccc(F)cc2)cc(=O)[nH]1. The minimum absolute atomic E-state index is 0.0581. The zero-order valence-corrected chi connectivity index (χ0v) is 16.8. The molecule has 0 bridgehead atoms. The van der Waals surface area contributed by atoms with Gasteiger partial charge in [0.2, 0.25) is 0 Å². The highest BCUT2D eigenvalue weighted by Gasteiger charge is 2.23. The molecular formula is C23H19F2N3O3. The molecule has 0 aliphatic rings. The fourth-order valence-corrected chi connectivity index (χ4v) is 3.54. The van der Waals surface area contributed by atoms with E-state index >= 15 is 0 Å². The lowest BCUT2D eigenvalue weighted by molar-refractivity contribution is 0.0909. The third kappa shape index (κ3) is 4.37. The van der Waals surface area contributed by atoms with E-state index in [4.69, 9.17) is 4.42 Å². The van der Waals surface area contributed by atoms with Crippen LogP contribution in [0.2, 0.25) is 0 Å². The highest BCUT2D eigenvalue weighted by atomic mass is 19.1. The Morgan fingerprint density at radius 1 is 1.10 bits per heavy atom. The normalized spacial score (nSPS) is 12.1. The molecule has 2 aromatic heterocycles. The van der Waals surface area contributed by atoms with Crippen molar-refractivity contribution in [1.82, 2.24) is 15.3 Å². The van der Waals surface area contributed by atoms with Gasteiger partial charge in [0, 0.05) is 23.4 Å². The average Bonchev–Trinajstić information content (AvgIpc) is 3.03. The first kappa shape index (κ1) is 20.5. The van der Waals surface area contributed by atoms with Gasteiger partial charge in [-0.25, -0.2) is 13.8 Å². The van der Waals surface area contributed by atoms with E-state index in [2.05, 4.69) is 15.3 Å². The van der Waals surface area contributed by atoms with Gasteiger partial charge in [0.05, 0.1) is 11.7 Å². The first-order chi connectivity index (χ1) is 14.8. The molecule has 4 rings (SSSR count). The van der Waals surface area contributed by atoms with Crippen LogP contribution < -0.4 is 10.9 Å². The van der Waals surface area contributed by atoms with Crippen molar-refractivity contribution in [2.45, 2.75) is 26.3 Å². The molecule has 0 saturated heterocycles. The number of hydrogen-bond donors (Lipinski definition) is 2. The van der Waals surface area contributed by atoms with Crippen molar-refractivity contribution in [2.24, 2.45) is 0 Å². The van der Waals surface area contributed by atoms with Crippen molar-refractivity contribution in [3.05, 3.63) is 98.9 Å². The van der Waals surface area contributed by atoms with Gasteiger partial charge in [0.15, 0.2) is 5.76 Å². The number of aromatic amines is 1. The van der Waals surface area contributed by atoms with E-state index in [9.17, 15) is 18.4 Å². The highest BCUT2D eigenvalue weighted by Crippen LogP contribution is 2.27. The van der Waals surface area contributed by atoms with Crippen LogP contribution in [0.25, 0.3) is 11.0 Å². The topological polar surface area (TPSA) is 88.0 Å². The minimum atomic E-state index is -0.605. The fourth-order valence-electron chi connectivity index (χ4n) is 3.54. The van der Waals surface area contributed by atoms with E-state index in [0.29, 0.717) is 33.6 Å². The van der Waals surface area contributed by atoms with Gasteiger partial charge in [-0.1, -0.05) is 12.1 Å². The number of nitrogens with one attached hydrogen (secondary N) is 2. The molecule has 2 heterocycles. The molecule has 6 nitrogen and oxygen atoms in total. The Kier molecular flexibility index (Phi) is 5.37. The summed E-state index contributed by atoms with van der Waals surface area (Å²) in [6.07, 6.45) is 0.204. The summed E-state index contributed by atoms with van der Waals surface area (Å²) < 4.78 is 32.7. The van der Waals surface area contributed by atoms with Gasteiger partial charge in [-0.2, -0.15) is 0 Å². The average molecular weight is 423 g/mol. The Morgan fingerprint density at radius 3 is 2.52 bits per heavy atom. The lowest BCUT2D eigenvalue weighted by atomic mass is 10.0. The maximum absolute atomic E-state index is 13.6. The number of benzene rings is 2. The van der Waals surface area contributed by atoms with E-state index in [1.807, 2.05) is 0 Å². The van der Waals surface area contributed by atoms with Crippen LogP contribution in [-0.2, 0) is 6.42 Å². The van der Waals surface area contributed by atoms with E-state index in [-0.39, 0.29) is 17.7 Å². The predicted molar refractivity (Wildman–Crippen MR) is 111 cm³/mol. The molecule has 0 aliphatic carbocycles. The maximum atomic E-state index is 13.6. The number of nitrogens with zero attached hydrogens (tertiary/aromatic N) is 1. The Hall–Kier alpha value is -3.81. The lowest BCUT2D eigenvalue weighted by Crippen LogP contribution is -2.30. The zero-order valence-electron chi connectivity index (χ0n) is 16.8. The predicted octanol–water partition coefficient (Wildman–Crippen LogP) is 4.12. The van der Waals surface area contributed by atoms with Crippen LogP contribution in [0.4, 0.5) is 8.78 Å². The molecule has 31 heavy (non-hydrogen) atoms. The molecule has 0 unspecified atom stereocenters. The monoisotopic (exact) mass is 423 g/mol. The van der Waals surface area contributed by atoms with Crippen molar-refractivity contribution < 1.29 is 18.0 Å². The van der Waals surface area contributed by atoms with Gasteiger partial charge in [0.1, 0.15) is 23.0 Å². The van der Waals surface area contributed by atoms with E-state index < -0.39 is 23.6 Å². The van der Waals surface area contributed by atoms with E-state index in [1.54, 1.807) is 26.0 Å². The van der Waals surface area contributed by atoms with Gasteiger partial charge in [-0.15, -0.1) is 0 Å². The van der Waals surface area contributed by atoms with Crippen LogP contribution in [-0.4, -0.2) is 15.9 Å². The van der Waals surface area contributed by atoms with Crippen LogP contribution in [0.15, 0.2) is 57.7 Å².